The number of carbonyl (C=O) groups is 1. The molecular formula is C26H27NO5S. The number of thiophene rings is 1. The Morgan fingerprint density at radius 2 is 1.64 bits per heavy atom. The number of ether oxygens (including phenoxy) is 4. The minimum Gasteiger partial charge on any atom is -0.493 e. The van der Waals surface area contributed by atoms with Gasteiger partial charge in [-0.15, -0.1) is 11.3 Å². The predicted octanol–water partition coefficient (Wildman–Crippen LogP) is 4.97. The molecular weight excluding hydrogens is 438 g/mol. The highest BCUT2D eigenvalue weighted by molar-refractivity contribution is 7.10. The van der Waals surface area contributed by atoms with E-state index in [0.717, 1.165) is 22.4 Å². The van der Waals surface area contributed by atoms with Gasteiger partial charge in [-0.05, 0) is 64.9 Å². The third-order valence-corrected chi connectivity index (χ3v) is 6.72. The van der Waals surface area contributed by atoms with Crippen molar-refractivity contribution in [3.63, 3.8) is 0 Å². The molecule has 1 aliphatic heterocycles. The maximum Gasteiger partial charge on any atom is 0.247 e. The monoisotopic (exact) mass is 465 g/mol. The van der Waals surface area contributed by atoms with Gasteiger partial charge >= 0.3 is 0 Å². The minimum atomic E-state index is -0.184. The Balaban J connectivity index is 1.67. The molecule has 0 saturated heterocycles. The largest absolute Gasteiger partial charge is 0.493 e. The Bertz CT molecular complexity index is 1160. The van der Waals surface area contributed by atoms with Crippen LogP contribution in [0.3, 0.4) is 0 Å². The molecule has 1 atom stereocenters. The van der Waals surface area contributed by atoms with Gasteiger partial charge < -0.3 is 23.8 Å². The van der Waals surface area contributed by atoms with E-state index in [4.69, 9.17) is 18.9 Å². The molecule has 172 valence electrons. The van der Waals surface area contributed by atoms with E-state index in [0.29, 0.717) is 29.5 Å². The fraction of sp³-hybridized carbons (Fsp3) is 0.269. The Morgan fingerprint density at radius 1 is 0.939 bits per heavy atom. The Hall–Kier alpha value is -3.45. The SMILES string of the molecule is COc1ccc(/C=C/C(=O)N2CCc3cc(OC)c(OC)cc3[C@H]2c2cccs2)cc1OC. The van der Waals surface area contributed by atoms with Gasteiger partial charge in [-0.25, -0.2) is 0 Å². The summed E-state index contributed by atoms with van der Waals surface area (Å²) in [5.74, 6) is 2.58. The molecule has 4 rings (SSSR count). The predicted molar refractivity (Wildman–Crippen MR) is 130 cm³/mol. The highest BCUT2D eigenvalue weighted by atomic mass is 32.1. The number of nitrogens with zero attached hydrogens (tertiary/aromatic N) is 1. The van der Waals surface area contributed by atoms with Crippen LogP contribution in [0.4, 0.5) is 0 Å². The Morgan fingerprint density at radius 3 is 2.30 bits per heavy atom. The van der Waals surface area contributed by atoms with Crippen molar-refractivity contribution in [2.24, 2.45) is 0 Å². The maximum absolute atomic E-state index is 13.4. The average molecular weight is 466 g/mol. The van der Waals surface area contributed by atoms with E-state index in [2.05, 4.69) is 6.07 Å². The van der Waals surface area contributed by atoms with Crippen LogP contribution in [0.15, 0.2) is 53.9 Å². The molecule has 0 aliphatic carbocycles. The molecule has 2 aromatic carbocycles. The number of hydrogen-bond donors (Lipinski definition) is 0. The van der Waals surface area contributed by atoms with Crippen molar-refractivity contribution < 1.29 is 23.7 Å². The summed E-state index contributed by atoms with van der Waals surface area (Å²) in [7, 11) is 6.46. The zero-order chi connectivity index (χ0) is 23.4. The molecule has 0 fully saturated rings. The fourth-order valence-electron chi connectivity index (χ4n) is 4.16. The van der Waals surface area contributed by atoms with Crippen LogP contribution in [0.5, 0.6) is 23.0 Å². The molecule has 33 heavy (non-hydrogen) atoms. The standard InChI is InChI=1S/C26H27NO5S/c1-29-20-9-7-17(14-21(20)30-2)8-10-25(28)27-12-11-18-15-22(31-3)23(32-4)16-19(18)26(27)24-6-5-13-33-24/h5-10,13-16,26H,11-12H2,1-4H3/b10-8+/t26-/m0/s1. The molecule has 0 bridgehead atoms. The average Bonchev–Trinajstić information content (AvgIpc) is 3.39. The molecule has 1 aromatic heterocycles. The molecule has 0 spiro atoms. The van der Waals surface area contributed by atoms with Crippen molar-refractivity contribution in [2.45, 2.75) is 12.5 Å². The van der Waals surface area contributed by atoms with E-state index in [9.17, 15) is 4.79 Å². The zero-order valence-corrected chi connectivity index (χ0v) is 20.0. The van der Waals surface area contributed by atoms with Crippen molar-refractivity contribution in [3.05, 3.63) is 75.5 Å². The Kier molecular flexibility index (Phi) is 6.89. The number of carbonyl (C=O) groups excluding carboxylic acids is 1. The lowest BCUT2D eigenvalue weighted by atomic mass is 9.90. The third kappa shape index (κ3) is 4.54. The second kappa shape index (κ2) is 10.0. The molecule has 0 saturated carbocycles. The van der Waals surface area contributed by atoms with Crippen LogP contribution in [0, 0.1) is 0 Å². The molecule has 0 N–H and O–H groups in total. The summed E-state index contributed by atoms with van der Waals surface area (Å²) in [6.07, 6.45) is 4.17. The number of methoxy groups -OCH3 is 4. The third-order valence-electron chi connectivity index (χ3n) is 5.80. The van der Waals surface area contributed by atoms with E-state index in [1.165, 1.54) is 5.56 Å². The lowest BCUT2D eigenvalue weighted by Gasteiger charge is -2.37. The van der Waals surface area contributed by atoms with Gasteiger partial charge in [0.15, 0.2) is 23.0 Å². The summed E-state index contributed by atoms with van der Waals surface area (Å²) < 4.78 is 21.7. The van der Waals surface area contributed by atoms with E-state index in [1.807, 2.05) is 46.7 Å². The topological polar surface area (TPSA) is 57.2 Å². The molecule has 2 heterocycles. The minimum absolute atomic E-state index is 0.0522. The summed E-state index contributed by atoms with van der Waals surface area (Å²) in [6, 6.07) is 13.5. The lowest BCUT2D eigenvalue weighted by Crippen LogP contribution is -2.39. The van der Waals surface area contributed by atoms with Crippen LogP contribution in [0.2, 0.25) is 0 Å². The van der Waals surface area contributed by atoms with Crippen LogP contribution in [0.25, 0.3) is 6.08 Å². The molecule has 1 aliphatic rings. The van der Waals surface area contributed by atoms with Crippen LogP contribution < -0.4 is 18.9 Å². The van der Waals surface area contributed by atoms with Gasteiger partial charge in [0.25, 0.3) is 0 Å². The van der Waals surface area contributed by atoms with Crippen molar-refractivity contribution in [1.82, 2.24) is 4.90 Å². The van der Waals surface area contributed by atoms with Crippen molar-refractivity contribution >= 4 is 23.3 Å². The van der Waals surface area contributed by atoms with E-state index in [-0.39, 0.29) is 11.9 Å². The number of rotatable bonds is 7. The van der Waals surface area contributed by atoms with E-state index < -0.39 is 0 Å². The van der Waals surface area contributed by atoms with Gasteiger partial charge in [0.1, 0.15) is 0 Å². The maximum atomic E-state index is 13.4. The second-order valence-electron chi connectivity index (χ2n) is 7.55. The zero-order valence-electron chi connectivity index (χ0n) is 19.2. The summed E-state index contributed by atoms with van der Waals surface area (Å²) in [6.45, 7) is 0.611. The number of fused-ring (bicyclic) bond motifs is 1. The van der Waals surface area contributed by atoms with Gasteiger partial charge in [0, 0.05) is 17.5 Å². The first-order valence-corrected chi connectivity index (χ1v) is 11.5. The molecule has 7 heteroatoms. The first kappa shape index (κ1) is 22.7. The van der Waals surface area contributed by atoms with Gasteiger partial charge in [-0.3, -0.25) is 4.79 Å². The van der Waals surface area contributed by atoms with Crippen molar-refractivity contribution in [2.75, 3.05) is 35.0 Å². The van der Waals surface area contributed by atoms with Gasteiger partial charge in [-0.1, -0.05) is 12.1 Å². The molecule has 6 nitrogen and oxygen atoms in total. The smallest absolute Gasteiger partial charge is 0.247 e. The highest BCUT2D eigenvalue weighted by Crippen LogP contribution is 2.42. The first-order valence-electron chi connectivity index (χ1n) is 10.6. The number of benzene rings is 2. The van der Waals surface area contributed by atoms with Crippen LogP contribution in [-0.2, 0) is 11.2 Å². The quantitative estimate of drug-likeness (QED) is 0.461. The van der Waals surface area contributed by atoms with Crippen molar-refractivity contribution in [1.29, 1.82) is 0 Å². The van der Waals surface area contributed by atoms with Gasteiger partial charge in [0.2, 0.25) is 5.91 Å². The van der Waals surface area contributed by atoms with Crippen molar-refractivity contribution in [3.8, 4) is 23.0 Å². The van der Waals surface area contributed by atoms with Crippen LogP contribution in [-0.4, -0.2) is 45.8 Å². The normalized spacial score (nSPS) is 15.3. The molecule has 3 aromatic rings. The molecule has 1 amide bonds. The fourth-order valence-corrected chi connectivity index (χ4v) is 5.01. The summed E-state index contributed by atoms with van der Waals surface area (Å²) in [4.78, 5) is 16.4. The second-order valence-corrected chi connectivity index (χ2v) is 8.53. The summed E-state index contributed by atoms with van der Waals surface area (Å²) in [5, 5.41) is 2.03. The lowest BCUT2D eigenvalue weighted by molar-refractivity contribution is -0.127. The van der Waals surface area contributed by atoms with Gasteiger partial charge in [-0.2, -0.15) is 0 Å². The summed E-state index contributed by atoms with van der Waals surface area (Å²) in [5.41, 5.74) is 3.09. The number of hydrogen-bond acceptors (Lipinski definition) is 6. The summed E-state index contributed by atoms with van der Waals surface area (Å²) >= 11 is 1.64. The van der Waals surface area contributed by atoms with E-state index in [1.54, 1.807) is 51.9 Å². The van der Waals surface area contributed by atoms with Crippen LogP contribution in [0.1, 0.15) is 27.6 Å². The van der Waals surface area contributed by atoms with E-state index >= 15 is 0 Å². The Labute approximate surface area is 198 Å². The molecule has 0 unspecified atom stereocenters. The highest BCUT2D eigenvalue weighted by Gasteiger charge is 2.33. The molecule has 0 radical (unpaired) electrons. The van der Waals surface area contributed by atoms with Gasteiger partial charge in [0.05, 0.1) is 34.5 Å². The first-order chi connectivity index (χ1) is 16.1. The number of amides is 1. The van der Waals surface area contributed by atoms with Crippen LogP contribution >= 0.6 is 11.3 Å².